The van der Waals surface area contributed by atoms with Crippen molar-refractivity contribution in [3.8, 4) is 5.75 Å². The quantitative estimate of drug-likeness (QED) is 0.396. The molecule has 8 heteroatoms. The first-order valence-electron chi connectivity index (χ1n) is 10.8. The lowest BCUT2D eigenvalue weighted by molar-refractivity contribution is -0.114. The molecule has 1 aromatic heterocycles. The van der Waals surface area contributed by atoms with Crippen LogP contribution in [0.2, 0.25) is 0 Å². The fourth-order valence-corrected chi connectivity index (χ4v) is 5.28. The number of rotatable bonds is 8. The summed E-state index contributed by atoms with van der Waals surface area (Å²) in [5.74, 6) is 0.209. The van der Waals surface area contributed by atoms with Gasteiger partial charge in [-0.25, -0.2) is 8.42 Å². The number of carbonyl (C=O) groups is 1. The van der Waals surface area contributed by atoms with Crippen molar-refractivity contribution in [2.45, 2.75) is 18.7 Å². The van der Waals surface area contributed by atoms with E-state index in [-0.39, 0.29) is 4.90 Å². The Labute approximate surface area is 199 Å². The van der Waals surface area contributed by atoms with Crippen molar-refractivity contribution in [1.29, 1.82) is 0 Å². The molecule has 7 nitrogen and oxygen atoms in total. The number of hydrogen-bond donors (Lipinski definition) is 1. The van der Waals surface area contributed by atoms with Gasteiger partial charge in [-0.1, -0.05) is 36.4 Å². The van der Waals surface area contributed by atoms with Crippen LogP contribution in [0.5, 0.6) is 5.75 Å². The highest BCUT2D eigenvalue weighted by molar-refractivity contribution is 7.93. The summed E-state index contributed by atoms with van der Waals surface area (Å²) in [5.41, 5.74) is 1.63. The lowest BCUT2D eigenvalue weighted by atomic mass is 10.1. The van der Waals surface area contributed by atoms with Gasteiger partial charge in [-0.2, -0.15) is 0 Å². The summed E-state index contributed by atoms with van der Waals surface area (Å²) < 4.78 is 34.2. The van der Waals surface area contributed by atoms with Gasteiger partial charge in [-0.3, -0.25) is 14.1 Å². The van der Waals surface area contributed by atoms with Crippen LogP contribution in [-0.2, 0) is 14.8 Å². The second-order valence-electron chi connectivity index (χ2n) is 7.72. The van der Waals surface area contributed by atoms with Crippen molar-refractivity contribution in [3.63, 3.8) is 0 Å². The maximum atomic E-state index is 13.9. The predicted molar refractivity (Wildman–Crippen MR) is 134 cm³/mol. The number of nitrogens with zero attached hydrogens (tertiary/aromatic N) is 2. The topological polar surface area (TPSA) is 88.6 Å². The summed E-state index contributed by atoms with van der Waals surface area (Å²) in [4.78, 5) is 17.2. The van der Waals surface area contributed by atoms with E-state index in [0.717, 1.165) is 15.3 Å². The van der Waals surface area contributed by atoms with Crippen LogP contribution in [-0.4, -0.2) is 32.5 Å². The molecule has 3 aromatic carbocycles. The number of aromatic nitrogens is 1. The van der Waals surface area contributed by atoms with Gasteiger partial charge in [0, 0.05) is 17.3 Å². The maximum Gasteiger partial charge on any atom is 0.265 e. The SMILES string of the molecule is CCOc1ccc(NC(=O)CN(c2cncc(C)c2)S(=O)(=O)c2cccc3ccccc23)cc1. The van der Waals surface area contributed by atoms with E-state index in [9.17, 15) is 13.2 Å². The minimum Gasteiger partial charge on any atom is -0.494 e. The molecule has 0 unspecified atom stereocenters. The Hall–Kier alpha value is -3.91. The van der Waals surface area contributed by atoms with Crippen LogP contribution in [0.1, 0.15) is 12.5 Å². The summed E-state index contributed by atoms with van der Waals surface area (Å²) in [6, 6.07) is 21.0. The van der Waals surface area contributed by atoms with E-state index in [1.165, 1.54) is 6.20 Å². The third-order valence-electron chi connectivity index (χ3n) is 5.20. The van der Waals surface area contributed by atoms with Crippen molar-refractivity contribution >= 4 is 38.1 Å². The van der Waals surface area contributed by atoms with E-state index >= 15 is 0 Å². The largest absolute Gasteiger partial charge is 0.494 e. The molecule has 0 spiro atoms. The smallest absolute Gasteiger partial charge is 0.265 e. The van der Waals surface area contributed by atoms with Gasteiger partial charge in [0.25, 0.3) is 10.0 Å². The highest BCUT2D eigenvalue weighted by Crippen LogP contribution is 2.29. The second-order valence-corrected chi connectivity index (χ2v) is 9.55. The molecule has 0 fully saturated rings. The molecule has 4 aromatic rings. The fourth-order valence-electron chi connectivity index (χ4n) is 3.66. The number of hydrogen-bond acceptors (Lipinski definition) is 5. The zero-order chi connectivity index (χ0) is 24.1. The van der Waals surface area contributed by atoms with Crippen LogP contribution in [0.3, 0.4) is 0 Å². The summed E-state index contributed by atoms with van der Waals surface area (Å²) >= 11 is 0. The number of benzene rings is 3. The standard InChI is InChI=1S/C26H25N3O4S/c1-3-33-23-13-11-21(12-14-23)28-26(30)18-29(22-15-19(2)16-27-17-22)34(31,32)25-10-6-8-20-7-4-5-9-24(20)25/h4-17H,3,18H2,1-2H3,(H,28,30). The molecule has 0 atom stereocenters. The average molecular weight is 476 g/mol. The van der Waals surface area contributed by atoms with Gasteiger partial charge in [0.15, 0.2) is 0 Å². The zero-order valence-corrected chi connectivity index (χ0v) is 19.7. The lowest BCUT2D eigenvalue weighted by Crippen LogP contribution is -2.38. The number of fused-ring (bicyclic) bond motifs is 1. The molecular formula is C26H25N3O4S. The van der Waals surface area contributed by atoms with Crippen molar-refractivity contribution in [2.24, 2.45) is 0 Å². The third kappa shape index (κ3) is 5.02. The average Bonchev–Trinajstić information content (AvgIpc) is 2.83. The van der Waals surface area contributed by atoms with E-state index in [2.05, 4.69) is 10.3 Å². The number of sulfonamides is 1. The number of ether oxygens (including phenoxy) is 1. The summed E-state index contributed by atoms with van der Waals surface area (Å²) in [5, 5.41) is 4.15. The number of anilines is 2. The molecule has 0 aliphatic carbocycles. The number of pyridine rings is 1. The highest BCUT2D eigenvalue weighted by Gasteiger charge is 2.29. The van der Waals surface area contributed by atoms with Crippen LogP contribution in [0.4, 0.5) is 11.4 Å². The van der Waals surface area contributed by atoms with Crippen LogP contribution in [0, 0.1) is 6.92 Å². The van der Waals surface area contributed by atoms with E-state index in [4.69, 9.17) is 4.74 Å². The summed E-state index contributed by atoms with van der Waals surface area (Å²) in [6.45, 7) is 3.83. The summed E-state index contributed by atoms with van der Waals surface area (Å²) in [7, 11) is -4.09. The number of carbonyl (C=O) groups excluding carboxylic acids is 1. The zero-order valence-electron chi connectivity index (χ0n) is 18.9. The molecule has 0 bridgehead atoms. The highest BCUT2D eigenvalue weighted by atomic mass is 32.2. The first-order valence-corrected chi connectivity index (χ1v) is 12.3. The lowest BCUT2D eigenvalue weighted by Gasteiger charge is -2.24. The van der Waals surface area contributed by atoms with E-state index in [1.54, 1.807) is 60.8 Å². The molecule has 0 radical (unpaired) electrons. The molecule has 0 saturated carbocycles. The van der Waals surface area contributed by atoms with Crippen molar-refractivity contribution < 1.29 is 17.9 Å². The molecule has 0 saturated heterocycles. The maximum absolute atomic E-state index is 13.9. The molecule has 0 aliphatic rings. The van der Waals surface area contributed by atoms with Crippen LogP contribution in [0.25, 0.3) is 10.8 Å². The van der Waals surface area contributed by atoms with E-state index < -0.39 is 22.5 Å². The van der Waals surface area contributed by atoms with Gasteiger partial charge in [-0.15, -0.1) is 0 Å². The first kappa shape index (κ1) is 23.3. The Morgan fingerprint density at radius 2 is 1.74 bits per heavy atom. The number of nitrogens with one attached hydrogen (secondary N) is 1. The molecule has 1 heterocycles. The Morgan fingerprint density at radius 3 is 2.47 bits per heavy atom. The van der Waals surface area contributed by atoms with Gasteiger partial charge < -0.3 is 10.1 Å². The van der Waals surface area contributed by atoms with Gasteiger partial charge in [0.2, 0.25) is 5.91 Å². The Bertz CT molecular complexity index is 1410. The molecule has 0 aliphatic heterocycles. The number of amides is 1. The van der Waals surface area contributed by atoms with Crippen molar-refractivity contribution in [1.82, 2.24) is 4.98 Å². The van der Waals surface area contributed by atoms with Crippen molar-refractivity contribution in [2.75, 3.05) is 22.8 Å². The third-order valence-corrected chi connectivity index (χ3v) is 7.03. The van der Waals surface area contributed by atoms with Crippen LogP contribution in [0.15, 0.2) is 90.1 Å². The van der Waals surface area contributed by atoms with Gasteiger partial charge in [0.05, 0.1) is 23.4 Å². The van der Waals surface area contributed by atoms with Crippen LogP contribution >= 0.6 is 0 Å². The minimum absolute atomic E-state index is 0.126. The van der Waals surface area contributed by atoms with Gasteiger partial charge in [-0.05, 0) is 61.2 Å². The normalized spacial score (nSPS) is 11.2. The van der Waals surface area contributed by atoms with E-state index in [0.29, 0.717) is 29.1 Å². The molecule has 1 amide bonds. The fraction of sp³-hybridized carbons (Fsp3) is 0.154. The Balaban J connectivity index is 1.69. The minimum atomic E-state index is -4.09. The van der Waals surface area contributed by atoms with Crippen LogP contribution < -0.4 is 14.4 Å². The van der Waals surface area contributed by atoms with Crippen molar-refractivity contribution in [3.05, 3.63) is 90.8 Å². The molecular weight excluding hydrogens is 450 g/mol. The number of aryl methyl sites for hydroxylation is 1. The molecule has 4 rings (SSSR count). The van der Waals surface area contributed by atoms with Gasteiger partial charge >= 0.3 is 0 Å². The van der Waals surface area contributed by atoms with E-state index in [1.807, 2.05) is 32.0 Å². The molecule has 34 heavy (non-hydrogen) atoms. The predicted octanol–water partition coefficient (Wildman–Crippen LogP) is 4.78. The summed E-state index contributed by atoms with van der Waals surface area (Å²) in [6.07, 6.45) is 3.08. The second kappa shape index (κ2) is 9.93. The molecule has 1 N–H and O–H groups in total. The molecule has 174 valence electrons. The van der Waals surface area contributed by atoms with Gasteiger partial charge in [0.1, 0.15) is 12.3 Å². The monoisotopic (exact) mass is 475 g/mol. The Kier molecular flexibility index (Phi) is 6.79. The first-order chi connectivity index (χ1) is 16.4. The Morgan fingerprint density at radius 1 is 1.00 bits per heavy atom.